The van der Waals surface area contributed by atoms with E-state index in [4.69, 9.17) is 11.6 Å². The number of carbonyl (C=O) groups is 1. The zero-order valence-corrected chi connectivity index (χ0v) is 13.1. The molecule has 0 spiro atoms. The molecule has 4 nitrogen and oxygen atoms in total. The Bertz CT molecular complexity index is 688. The quantitative estimate of drug-likeness (QED) is 0.332. The number of hydrogen-bond donors (Lipinski definition) is 0. The summed E-state index contributed by atoms with van der Waals surface area (Å²) in [4.78, 5) is 22.4. The number of nitro benzene ring substituents is 1. The molecular weight excluding hydrogens is 393 g/mol. The Hall–Kier alpha value is -1.47. The number of benzene rings is 2. The van der Waals surface area contributed by atoms with Crippen LogP contribution in [0, 0.1) is 13.7 Å². The van der Waals surface area contributed by atoms with E-state index >= 15 is 0 Å². The van der Waals surface area contributed by atoms with Gasteiger partial charge in [0.1, 0.15) is 0 Å². The first-order valence-corrected chi connectivity index (χ1v) is 7.14. The predicted octanol–water partition coefficient (Wildman–Crippen LogP) is 4.28. The minimum absolute atomic E-state index is 0.139. The lowest BCUT2D eigenvalue weighted by Crippen LogP contribution is -2.05. The number of hydrogen-bond acceptors (Lipinski definition) is 3. The second kappa shape index (κ2) is 6.32. The first-order chi connectivity index (χ1) is 9.47. The Labute approximate surface area is 134 Å². The SMILES string of the molecule is O=C(Cc1cccc(I)c1)c1cc([N+](=O)[O-])ccc1Cl. The van der Waals surface area contributed by atoms with Gasteiger partial charge in [-0.05, 0) is 46.4 Å². The van der Waals surface area contributed by atoms with E-state index in [9.17, 15) is 14.9 Å². The van der Waals surface area contributed by atoms with Gasteiger partial charge in [-0.15, -0.1) is 0 Å². The fraction of sp³-hybridized carbons (Fsp3) is 0.0714. The van der Waals surface area contributed by atoms with Crippen molar-refractivity contribution < 1.29 is 9.72 Å². The average Bonchev–Trinajstić information content (AvgIpc) is 2.38. The summed E-state index contributed by atoms with van der Waals surface area (Å²) in [5, 5.41) is 11.0. The Kier molecular flexibility index (Phi) is 4.72. The molecule has 2 aromatic carbocycles. The molecule has 6 heteroatoms. The Balaban J connectivity index is 2.29. The van der Waals surface area contributed by atoms with E-state index in [-0.39, 0.29) is 28.5 Å². The normalized spacial score (nSPS) is 10.3. The zero-order chi connectivity index (χ0) is 14.7. The molecule has 2 rings (SSSR count). The standard InChI is InChI=1S/C14H9ClINO3/c15-13-5-4-11(17(19)20)8-12(13)14(18)7-9-2-1-3-10(16)6-9/h1-6,8H,7H2. The molecule has 0 N–H and O–H groups in total. The van der Waals surface area contributed by atoms with Crippen molar-refractivity contribution in [1.29, 1.82) is 0 Å². The molecular formula is C14H9ClINO3. The maximum atomic E-state index is 12.2. The van der Waals surface area contributed by atoms with Crippen molar-refractivity contribution in [2.75, 3.05) is 0 Å². The van der Waals surface area contributed by atoms with Crippen LogP contribution in [0.4, 0.5) is 5.69 Å². The third-order valence-electron chi connectivity index (χ3n) is 2.71. The van der Waals surface area contributed by atoms with Crippen molar-refractivity contribution >= 4 is 45.7 Å². The summed E-state index contributed by atoms with van der Waals surface area (Å²) in [6.07, 6.45) is 0.164. The molecule has 102 valence electrons. The summed E-state index contributed by atoms with van der Waals surface area (Å²) in [6.45, 7) is 0. The van der Waals surface area contributed by atoms with Crippen molar-refractivity contribution in [2.45, 2.75) is 6.42 Å². The smallest absolute Gasteiger partial charge is 0.270 e. The topological polar surface area (TPSA) is 60.2 Å². The van der Waals surface area contributed by atoms with Crippen molar-refractivity contribution in [3.63, 3.8) is 0 Å². The summed E-state index contributed by atoms with van der Waals surface area (Å²) in [6, 6.07) is 11.4. The van der Waals surface area contributed by atoms with Gasteiger partial charge in [-0.3, -0.25) is 14.9 Å². The van der Waals surface area contributed by atoms with Gasteiger partial charge < -0.3 is 0 Å². The van der Waals surface area contributed by atoms with E-state index in [1.807, 2.05) is 24.3 Å². The number of nitrogens with zero attached hydrogens (tertiary/aromatic N) is 1. The van der Waals surface area contributed by atoms with Gasteiger partial charge in [-0.2, -0.15) is 0 Å². The van der Waals surface area contributed by atoms with Crippen LogP contribution in [0.1, 0.15) is 15.9 Å². The van der Waals surface area contributed by atoms with Crippen LogP contribution in [-0.2, 0) is 6.42 Å². The molecule has 0 aliphatic heterocycles. The highest BCUT2D eigenvalue weighted by Gasteiger charge is 2.16. The van der Waals surface area contributed by atoms with Crippen LogP contribution in [0.3, 0.4) is 0 Å². The number of nitro groups is 1. The predicted molar refractivity (Wildman–Crippen MR) is 85.3 cm³/mol. The zero-order valence-electron chi connectivity index (χ0n) is 10.2. The van der Waals surface area contributed by atoms with Crippen molar-refractivity contribution in [3.8, 4) is 0 Å². The Morgan fingerprint density at radius 1 is 1.25 bits per heavy atom. The highest BCUT2D eigenvalue weighted by atomic mass is 127. The minimum Gasteiger partial charge on any atom is -0.294 e. The van der Waals surface area contributed by atoms with E-state index in [0.29, 0.717) is 0 Å². The second-order valence-electron chi connectivity index (χ2n) is 4.15. The van der Waals surface area contributed by atoms with Crippen LogP contribution >= 0.6 is 34.2 Å². The third kappa shape index (κ3) is 3.55. The van der Waals surface area contributed by atoms with Gasteiger partial charge in [0.2, 0.25) is 0 Å². The molecule has 0 bridgehead atoms. The van der Waals surface area contributed by atoms with Crippen LogP contribution in [0.25, 0.3) is 0 Å². The highest BCUT2D eigenvalue weighted by Crippen LogP contribution is 2.23. The van der Waals surface area contributed by atoms with Gasteiger partial charge in [0.15, 0.2) is 5.78 Å². The monoisotopic (exact) mass is 401 g/mol. The first-order valence-electron chi connectivity index (χ1n) is 5.69. The van der Waals surface area contributed by atoms with Gasteiger partial charge in [-0.25, -0.2) is 0 Å². The van der Waals surface area contributed by atoms with Crippen LogP contribution in [-0.4, -0.2) is 10.7 Å². The molecule has 0 aromatic heterocycles. The molecule has 0 saturated carbocycles. The van der Waals surface area contributed by atoms with Crippen LogP contribution < -0.4 is 0 Å². The van der Waals surface area contributed by atoms with E-state index in [0.717, 1.165) is 9.13 Å². The lowest BCUT2D eigenvalue weighted by atomic mass is 10.0. The second-order valence-corrected chi connectivity index (χ2v) is 5.80. The number of carbonyl (C=O) groups excluding carboxylic acids is 1. The van der Waals surface area contributed by atoms with E-state index < -0.39 is 4.92 Å². The van der Waals surface area contributed by atoms with Crippen molar-refractivity contribution in [2.24, 2.45) is 0 Å². The molecule has 2 aromatic rings. The minimum atomic E-state index is -0.543. The summed E-state index contributed by atoms with van der Waals surface area (Å²) in [5.41, 5.74) is 0.893. The van der Waals surface area contributed by atoms with Crippen LogP contribution in [0.5, 0.6) is 0 Å². The fourth-order valence-electron chi connectivity index (χ4n) is 1.77. The average molecular weight is 402 g/mol. The number of Topliss-reactive ketones (excluding diaryl/α,β-unsaturated/α-hetero) is 1. The van der Waals surface area contributed by atoms with Gasteiger partial charge in [0.25, 0.3) is 5.69 Å². The van der Waals surface area contributed by atoms with Crippen LogP contribution in [0.15, 0.2) is 42.5 Å². The lowest BCUT2D eigenvalue weighted by Gasteiger charge is -2.04. The maximum Gasteiger partial charge on any atom is 0.270 e. The molecule has 0 amide bonds. The van der Waals surface area contributed by atoms with E-state index in [1.165, 1.54) is 18.2 Å². The maximum absolute atomic E-state index is 12.2. The summed E-state index contributed by atoms with van der Waals surface area (Å²) in [5.74, 6) is -0.235. The van der Waals surface area contributed by atoms with E-state index in [1.54, 1.807) is 0 Å². The molecule has 0 atom stereocenters. The van der Waals surface area contributed by atoms with E-state index in [2.05, 4.69) is 22.6 Å². The number of halogens is 2. The number of non-ortho nitro benzene ring substituents is 1. The third-order valence-corrected chi connectivity index (χ3v) is 3.72. The molecule has 0 radical (unpaired) electrons. The fourth-order valence-corrected chi connectivity index (χ4v) is 2.60. The molecule has 20 heavy (non-hydrogen) atoms. The Morgan fingerprint density at radius 2 is 2.00 bits per heavy atom. The van der Waals surface area contributed by atoms with Gasteiger partial charge in [0.05, 0.1) is 9.95 Å². The molecule has 0 saturated heterocycles. The van der Waals surface area contributed by atoms with Crippen LogP contribution in [0.2, 0.25) is 5.02 Å². The first kappa shape index (κ1) is 14.9. The molecule has 0 aliphatic rings. The molecule has 0 heterocycles. The van der Waals surface area contributed by atoms with Crippen molar-refractivity contribution in [3.05, 3.63) is 72.3 Å². The van der Waals surface area contributed by atoms with Gasteiger partial charge in [0, 0.05) is 27.7 Å². The molecule has 0 aliphatic carbocycles. The summed E-state index contributed by atoms with van der Waals surface area (Å²) >= 11 is 8.11. The largest absolute Gasteiger partial charge is 0.294 e. The molecule has 0 unspecified atom stereocenters. The number of rotatable bonds is 4. The van der Waals surface area contributed by atoms with Gasteiger partial charge in [-0.1, -0.05) is 23.7 Å². The van der Waals surface area contributed by atoms with Gasteiger partial charge >= 0.3 is 0 Å². The summed E-state index contributed by atoms with van der Waals surface area (Å²) in [7, 11) is 0. The molecule has 0 fully saturated rings. The Morgan fingerprint density at radius 3 is 2.65 bits per heavy atom. The highest BCUT2D eigenvalue weighted by molar-refractivity contribution is 14.1. The van der Waals surface area contributed by atoms with Crippen molar-refractivity contribution in [1.82, 2.24) is 0 Å². The summed E-state index contributed by atoms with van der Waals surface area (Å²) < 4.78 is 1.03. The lowest BCUT2D eigenvalue weighted by molar-refractivity contribution is -0.384. The number of ketones is 1.